The van der Waals surface area contributed by atoms with Gasteiger partial charge in [-0.1, -0.05) is 6.07 Å². The zero-order valence-electron chi connectivity index (χ0n) is 11.1. The summed E-state index contributed by atoms with van der Waals surface area (Å²) in [4.78, 5) is 19.5. The maximum absolute atomic E-state index is 12.0. The Bertz CT molecular complexity index is 689. The van der Waals surface area contributed by atoms with Crippen molar-refractivity contribution in [1.29, 1.82) is 0 Å². The van der Waals surface area contributed by atoms with E-state index >= 15 is 0 Å². The second-order valence-corrected chi connectivity index (χ2v) is 4.90. The second-order valence-electron chi connectivity index (χ2n) is 4.90. The van der Waals surface area contributed by atoms with Gasteiger partial charge < -0.3 is 9.72 Å². The Morgan fingerprint density at radius 1 is 1.32 bits per heavy atom. The summed E-state index contributed by atoms with van der Waals surface area (Å²) in [5, 5.41) is 0. The number of aromatic amines is 1. The normalized spacial score (nSPS) is 13.4. The van der Waals surface area contributed by atoms with E-state index in [2.05, 4.69) is 9.97 Å². The van der Waals surface area contributed by atoms with Gasteiger partial charge >= 0.3 is 0 Å². The molecule has 0 saturated carbocycles. The van der Waals surface area contributed by atoms with Gasteiger partial charge in [-0.15, -0.1) is 0 Å². The first-order valence-electron chi connectivity index (χ1n) is 6.46. The Hall–Kier alpha value is -2.10. The minimum atomic E-state index is -0.0138. The highest BCUT2D eigenvalue weighted by Gasteiger charge is 2.18. The summed E-state index contributed by atoms with van der Waals surface area (Å²) in [7, 11) is 1.63. The Kier molecular flexibility index (Phi) is 2.85. The van der Waals surface area contributed by atoms with E-state index in [9.17, 15) is 4.79 Å². The molecule has 98 valence electrons. The van der Waals surface area contributed by atoms with E-state index in [1.54, 1.807) is 7.11 Å². The molecule has 3 rings (SSSR count). The number of benzene rings is 1. The van der Waals surface area contributed by atoms with E-state index in [0.29, 0.717) is 5.82 Å². The number of aryl methyl sites for hydroxylation is 2. The van der Waals surface area contributed by atoms with Crippen molar-refractivity contribution in [2.75, 3.05) is 7.11 Å². The van der Waals surface area contributed by atoms with Crippen molar-refractivity contribution < 1.29 is 4.74 Å². The van der Waals surface area contributed by atoms with Crippen molar-refractivity contribution in [2.24, 2.45) is 0 Å². The topological polar surface area (TPSA) is 55.0 Å². The van der Waals surface area contributed by atoms with Crippen LogP contribution < -0.4 is 10.3 Å². The van der Waals surface area contributed by atoms with Gasteiger partial charge in [0.1, 0.15) is 11.6 Å². The van der Waals surface area contributed by atoms with Gasteiger partial charge in [-0.05, 0) is 43.9 Å². The highest BCUT2D eigenvalue weighted by molar-refractivity contribution is 5.65. The van der Waals surface area contributed by atoms with Crippen LogP contribution in [0.2, 0.25) is 0 Å². The number of H-pyrrole nitrogens is 1. The molecule has 0 amide bonds. The molecular weight excluding hydrogens is 240 g/mol. The van der Waals surface area contributed by atoms with Gasteiger partial charge in [-0.25, -0.2) is 4.98 Å². The van der Waals surface area contributed by atoms with Crippen LogP contribution in [0.5, 0.6) is 5.75 Å². The Balaban J connectivity index is 2.18. The molecule has 0 fully saturated rings. The van der Waals surface area contributed by atoms with Gasteiger partial charge in [0.05, 0.1) is 18.4 Å². The fourth-order valence-electron chi connectivity index (χ4n) is 2.56. The van der Waals surface area contributed by atoms with Crippen LogP contribution >= 0.6 is 0 Å². The molecule has 19 heavy (non-hydrogen) atoms. The smallest absolute Gasteiger partial charge is 0.254 e. The summed E-state index contributed by atoms with van der Waals surface area (Å²) in [5.74, 6) is 1.34. The van der Waals surface area contributed by atoms with Gasteiger partial charge in [-0.2, -0.15) is 0 Å². The molecule has 1 aliphatic rings. The fraction of sp³-hybridized carbons (Fsp3) is 0.333. The highest BCUT2D eigenvalue weighted by atomic mass is 16.5. The third-order valence-corrected chi connectivity index (χ3v) is 3.55. The number of aromatic nitrogens is 2. The standard InChI is InChI=1S/C15H16N2O2/c1-9-6-7-11(13(8-9)19-2)14-16-12-5-3-4-10(12)15(18)17-14/h6-8H,3-5H2,1-2H3,(H,16,17,18). The lowest BCUT2D eigenvalue weighted by atomic mass is 10.1. The zero-order chi connectivity index (χ0) is 13.4. The third kappa shape index (κ3) is 2.03. The molecule has 1 heterocycles. The highest BCUT2D eigenvalue weighted by Crippen LogP contribution is 2.29. The lowest BCUT2D eigenvalue weighted by Crippen LogP contribution is -2.15. The van der Waals surface area contributed by atoms with E-state index in [4.69, 9.17) is 4.74 Å². The van der Waals surface area contributed by atoms with Crippen molar-refractivity contribution in [3.8, 4) is 17.1 Å². The summed E-state index contributed by atoms with van der Waals surface area (Å²) in [5.41, 5.74) is 3.71. The molecule has 0 bridgehead atoms. The number of hydrogen-bond donors (Lipinski definition) is 1. The molecule has 1 aromatic carbocycles. The van der Waals surface area contributed by atoms with E-state index in [1.807, 2.05) is 25.1 Å². The third-order valence-electron chi connectivity index (χ3n) is 3.55. The van der Waals surface area contributed by atoms with Gasteiger partial charge in [0.15, 0.2) is 0 Å². The lowest BCUT2D eigenvalue weighted by molar-refractivity contribution is 0.416. The summed E-state index contributed by atoms with van der Waals surface area (Å²) in [6.45, 7) is 2.01. The molecule has 1 N–H and O–H groups in total. The van der Waals surface area contributed by atoms with Crippen LogP contribution in [0.25, 0.3) is 11.4 Å². The van der Waals surface area contributed by atoms with Crippen molar-refractivity contribution >= 4 is 0 Å². The second kappa shape index (κ2) is 4.53. The minimum Gasteiger partial charge on any atom is -0.496 e. The molecule has 0 spiro atoms. The first-order valence-corrected chi connectivity index (χ1v) is 6.46. The molecule has 2 aromatic rings. The Morgan fingerprint density at radius 3 is 2.95 bits per heavy atom. The first kappa shape index (κ1) is 12.0. The van der Waals surface area contributed by atoms with Crippen LogP contribution in [0, 0.1) is 6.92 Å². The van der Waals surface area contributed by atoms with Crippen molar-refractivity contribution in [3.63, 3.8) is 0 Å². The molecule has 4 heteroatoms. The first-order chi connectivity index (χ1) is 9.19. The molecular formula is C15H16N2O2. The van der Waals surface area contributed by atoms with Crippen LogP contribution in [-0.2, 0) is 12.8 Å². The number of hydrogen-bond acceptors (Lipinski definition) is 3. The van der Waals surface area contributed by atoms with Gasteiger partial charge in [0.2, 0.25) is 0 Å². The molecule has 1 aromatic heterocycles. The summed E-state index contributed by atoms with van der Waals surface area (Å²) in [6.07, 6.45) is 2.74. The number of ether oxygens (including phenoxy) is 1. The molecule has 1 aliphatic carbocycles. The summed E-state index contributed by atoms with van der Waals surface area (Å²) in [6, 6.07) is 5.88. The van der Waals surface area contributed by atoms with Crippen LogP contribution in [0.15, 0.2) is 23.0 Å². The monoisotopic (exact) mass is 256 g/mol. The van der Waals surface area contributed by atoms with Crippen molar-refractivity contribution in [3.05, 3.63) is 45.4 Å². The summed E-state index contributed by atoms with van der Waals surface area (Å²) < 4.78 is 5.38. The molecule has 0 saturated heterocycles. The van der Waals surface area contributed by atoms with Crippen LogP contribution in [-0.4, -0.2) is 17.1 Å². The van der Waals surface area contributed by atoms with Gasteiger partial charge in [-0.3, -0.25) is 4.79 Å². The fourth-order valence-corrected chi connectivity index (χ4v) is 2.56. The average Bonchev–Trinajstić information content (AvgIpc) is 2.87. The van der Waals surface area contributed by atoms with Gasteiger partial charge in [0, 0.05) is 5.56 Å². The number of rotatable bonds is 2. The Morgan fingerprint density at radius 2 is 2.16 bits per heavy atom. The molecule has 0 aliphatic heterocycles. The zero-order valence-corrected chi connectivity index (χ0v) is 11.1. The molecule has 0 unspecified atom stereocenters. The minimum absolute atomic E-state index is 0.0138. The van der Waals surface area contributed by atoms with E-state index in [0.717, 1.165) is 47.4 Å². The van der Waals surface area contributed by atoms with Crippen LogP contribution in [0.4, 0.5) is 0 Å². The van der Waals surface area contributed by atoms with Crippen molar-refractivity contribution in [2.45, 2.75) is 26.2 Å². The molecule has 0 atom stereocenters. The lowest BCUT2D eigenvalue weighted by Gasteiger charge is -2.09. The number of nitrogens with zero attached hydrogens (tertiary/aromatic N) is 1. The van der Waals surface area contributed by atoms with E-state index < -0.39 is 0 Å². The van der Waals surface area contributed by atoms with Crippen LogP contribution in [0.1, 0.15) is 23.2 Å². The average molecular weight is 256 g/mol. The summed E-state index contributed by atoms with van der Waals surface area (Å²) >= 11 is 0. The molecule has 0 radical (unpaired) electrons. The number of nitrogens with one attached hydrogen (secondary N) is 1. The molecule has 4 nitrogen and oxygen atoms in total. The van der Waals surface area contributed by atoms with E-state index in [-0.39, 0.29) is 5.56 Å². The maximum Gasteiger partial charge on any atom is 0.254 e. The van der Waals surface area contributed by atoms with Crippen LogP contribution in [0.3, 0.4) is 0 Å². The van der Waals surface area contributed by atoms with Crippen molar-refractivity contribution in [1.82, 2.24) is 9.97 Å². The van der Waals surface area contributed by atoms with Gasteiger partial charge in [0.25, 0.3) is 5.56 Å². The van der Waals surface area contributed by atoms with E-state index in [1.165, 1.54) is 0 Å². The number of fused-ring (bicyclic) bond motifs is 1. The largest absolute Gasteiger partial charge is 0.496 e. The quantitative estimate of drug-likeness (QED) is 0.896. The SMILES string of the molecule is COc1cc(C)ccc1-c1nc2c(c(=O)[nH]1)CCC2. The Labute approximate surface area is 111 Å². The maximum atomic E-state index is 12.0. The predicted molar refractivity (Wildman–Crippen MR) is 73.6 cm³/mol. The predicted octanol–water partition coefficient (Wildman–Crippen LogP) is 2.24. The number of methoxy groups -OCH3 is 1.